The van der Waals surface area contributed by atoms with Crippen LogP contribution < -0.4 is 5.73 Å². The Morgan fingerprint density at radius 2 is 1.65 bits per heavy atom. The van der Waals surface area contributed by atoms with Gasteiger partial charge in [0.25, 0.3) is 0 Å². The van der Waals surface area contributed by atoms with Crippen molar-refractivity contribution in [1.29, 1.82) is 0 Å². The summed E-state index contributed by atoms with van der Waals surface area (Å²) in [5, 5.41) is 1.07. The van der Waals surface area contributed by atoms with Gasteiger partial charge in [-0.15, -0.1) is 0 Å². The van der Waals surface area contributed by atoms with Crippen LogP contribution in [0.25, 0.3) is 0 Å². The van der Waals surface area contributed by atoms with Gasteiger partial charge in [0.15, 0.2) is 0 Å². The maximum absolute atomic E-state index is 13.6. The monoisotopic (exact) mass is 315 g/mol. The third kappa shape index (κ3) is 3.69. The SMILES string of the molecule is NC(Cc1ccc(F)cc1F)Cc1c(Cl)cccc1Cl. The highest BCUT2D eigenvalue weighted by Crippen LogP contribution is 2.26. The Morgan fingerprint density at radius 1 is 1.00 bits per heavy atom. The molecule has 5 heteroatoms. The average molecular weight is 316 g/mol. The molecule has 0 fully saturated rings. The summed E-state index contributed by atoms with van der Waals surface area (Å²) in [5.41, 5.74) is 7.12. The van der Waals surface area contributed by atoms with E-state index in [0.717, 1.165) is 11.6 Å². The van der Waals surface area contributed by atoms with Crippen LogP contribution in [0.2, 0.25) is 10.0 Å². The van der Waals surface area contributed by atoms with E-state index in [1.165, 1.54) is 12.1 Å². The van der Waals surface area contributed by atoms with Crippen molar-refractivity contribution in [2.45, 2.75) is 18.9 Å². The van der Waals surface area contributed by atoms with Crippen LogP contribution >= 0.6 is 23.2 Å². The van der Waals surface area contributed by atoms with Crippen molar-refractivity contribution in [2.24, 2.45) is 5.73 Å². The molecule has 2 aromatic rings. The van der Waals surface area contributed by atoms with Gasteiger partial charge in [0.1, 0.15) is 11.6 Å². The molecule has 0 saturated heterocycles. The fraction of sp³-hybridized carbons (Fsp3) is 0.200. The maximum atomic E-state index is 13.6. The van der Waals surface area contributed by atoms with Crippen LogP contribution in [0, 0.1) is 11.6 Å². The van der Waals surface area contributed by atoms with E-state index in [4.69, 9.17) is 28.9 Å². The van der Waals surface area contributed by atoms with E-state index >= 15 is 0 Å². The second-order valence-corrected chi connectivity index (χ2v) is 5.42. The molecule has 0 bridgehead atoms. The highest BCUT2D eigenvalue weighted by molar-refractivity contribution is 6.36. The van der Waals surface area contributed by atoms with Gasteiger partial charge in [0.05, 0.1) is 0 Å². The second-order valence-electron chi connectivity index (χ2n) is 4.60. The van der Waals surface area contributed by atoms with E-state index in [1.807, 2.05) is 0 Å². The lowest BCUT2D eigenvalue weighted by Gasteiger charge is -2.14. The van der Waals surface area contributed by atoms with Crippen molar-refractivity contribution in [1.82, 2.24) is 0 Å². The van der Waals surface area contributed by atoms with Gasteiger partial charge in [-0.3, -0.25) is 0 Å². The van der Waals surface area contributed by atoms with Crippen LogP contribution in [0.1, 0.15) is 11.1 Å². The lowest BCUT2D eigenvalue weighted by molar-refractivity contribution is 0.558. The molecule has 0 heterocycles. The summed E-state index contributed by atoms with van der Waals surface area (Å²) in [4.78, 5) is 0. The molecule has 20 heavy (non-hydrogen) atoms. The summed E-state index contributed by atoms with van der Waals surface area (Å²) < 4.78 is 26.4. The van der Waals surface area contributed by atoms with Crippen molar-refractivity contribution in [3.63, 3.8) is 0 Å². The van der Waals surface area contributed by atoms with Crippen LogP contribution in [0.4, 0.5) is 8.78 Å². The number of halogens is 4. The number of hydrogen-bond donors (Lipinski definition) is 1. The number of hydrogen-bond acceptors (Lipinski definition) is 1. The maximum Gasteiger partial charge on any atom is 0.129 e. The zero-order valence-corrected chi connectivity index (χ0v) is 12.1. The first-order chi connectivity index (χ1) is 9.47. The number of benzene rings is 2. The van der Waals surface area contributed by atoms with Crippen LogP contribution in [0.5, 0.6) is 0 Å². The molecule has 2 N–H and O–H groups in total. The van der Waals surface area contributed by atoms with Crippen LogP contribution in [-0.2, 0) is 12.8 Å². The molecule has 0 radical (unpaired) electrons. The van der Waals surface area contributed by atoms with Crippen molar-refractivity contribution in [3.8, 4) is 0 Å². The Hall–Kier alpha value is -1.16. The fourth-order valence-corrected chi connectivity index (χ4v) is 2.58. The zero-order chi connectivity index (χ0) is 14.7. The predicted molar refractivity (Wildman–Crippen MR) is 78.2 cm³/mol. The van der Waals surface area contributed by atoms with Gasteiger partial charge < -0.3 is 5.73 Å². The molecule has 0 saturated carbocycles. The van der Waals surface area contributed by atoms with Crippen molar-refractivity contribution in [3.05, 3.63) is 69.2 Å². The predicted octanol–water partition coefficient (Wildman–Crippen LogP) is 4.38. The molecule has 0 aliphatic rings. The Bertz CT molecular complexity index is 597. The minimum atomic E-state index is -0.603. The summed E-state index contributed by atoms with van der Waals surface area (Å²) in [6, 6.07) is 8.32. The van der Waals surface area contributed by atoms with Gasteiger partial charge >= 0.3 is 0 Å². The molecule has 0 aliphatic heterocycles. The Balaban J connectivity index is 2.11. The molecule has 2 rings (SSSR count). The van der Waals surface area contributed by atoms with E-state index in [1.54, 1.807) is 18.2 Å². The largest absolute Gasteiger partial charge is 0.327 e. The molecule has 1 unspecified atom stereocenters. The average Bonchev–Trinajstić information content (AvgIpc) is 2.37. The van der Waals surface area contributed by atoms with E-state index in [0.29, 0.717) is 22.0 Å². The molecular formula is C15H13Cl2F2N. The summed E-state index contributed by atoms with van der Waals surface area (Å²) >= 11 is 12.1. The third-order valence-corrected chi connectivity index (χ3v) is 3.73. The molecule has 0 spiro atoms. The number of nitrogens with two attached hydrogens (primary N) is 1. The Morgan fingerprint density at radius 3 is 2.25 bits per heavy atom. The van der Waals surface area contributed by atoms with Crippen molar-refractivity contribution < 1.29 is 8.78 Å². The first-order valence-corrected chi connectivity index (χ1v) is 6.85. The van der Waals surface area contributed by atoms with Crippen LogP contribution in [0.3, 0.4) is 0 Å². The highest BCUT2D eigenvalue weighted by Gasteiger charge is 2.13. The summed E-state index contributed by atoms with van der Waals surface area (Å²) in [7, 11) is 0. The first-order valence-electron chi connectivity index (χ1n) is 6.09. The lowest BCUT2D eigenvalue weighted by Crippen LogP contribution is -2.26. The molecular weight excluding hydrogens is 303 g/mol. The van der Waals surface area contributed by atoms with E-state index in [-0.39, 0.29) is 12.5 Å². The van der Waals surface area contributed by atoms with Gasteiger partial charge in [-0.2, -0.15) is 0 Å². The topological polar surface area (TPSA) is 26.0 Å². The Labute approximate surface area is 126 Å². The smallest absolute Gasteiger partial charge is 0.129 e. The van der Waals surface area contributed by atoms with Crippen LogP contribution in [-0.4, -0.2) is 6.04 Å². The van der Waals surface area contributed by atoms with Gasteiger partial charge in [-0.05, 0) is 42.2 Å². The van der Waals surface area contributed by atoms with E-state index < -0.39 is 11.6 Å². The fourth-order valence-electron chi connectivity index (χ4n) is 2.03. The van der Waals surface area contributed by atoms with Crippen LogP contribution in [0.15, 0.2) is 36.4 Å². The van der Waals surface area contributed by atoms with Crippen molar-refractivity contribution >= 4 is 23.2 Å². The van der Waals surface area contributed by atoms with Gasteiger partial charge in [-0.1, -0.05) is 35.3 Å². The van der Waals surface area contributed by atoms with Gasteiger partial charge in [-0.25, -0.2) is 8.78 Å². The molecule has 0 aliphatic carbocycles. The molecule has 0 aromatic heterocycles. The summed E-state index contributed by atoms with van der Waals surface area (Å²) in [5.74, 6) is -1.19. The molecule has 2 aromatic carbocycles. The molecule has 106 valence electrons. The molecule has 1 nitrogen and oxygen atoms in total. The minimum absolute atomic E-state index is 0.285. The minimum Gasteiger partial charge on any atom is -0.327 e. The third-order valence-electron chi connectivity index (χ3n) is 3.03. The number of rotatable bonds is 4. The van der Waals surface area contributed by atoms with E-state index in [9.17, 15) is 8.78 Å². The van der Waals surface area contributed by atoms with Crippen molar-refractivity contribution in [2.75, 3.05) is 0 Å². The second kappa shape index (κ2) is 6.53. The molecule has 0 amide bonds. The summed E-state index contributed by atoms with van der Waals surface area (Å²) in [6.45, 7) is 0. The standard InChI is InChI=1S/C15H13Cl2F2N/c16-13-2-1-3-14(17)12(13)8-11(20)6-9-4-5-10(18)7-15(9)19/h1-5,7,11H,6,8,20H2. The summed E-state index contributed by atoms with van der Waals surface area (Å²) in [6.07, 6.45) is 0.711. The first kappa shape index (κ1) is 15.2. The highest BCUT2D eigenvalue weighted by atomic mass is 35.5. The van der Waals surface area contributed by atoms with Gasteiger partial charge in [0.2, 0.25) is 0 Å². The lowest BCUT2D eigenvalue weighted by atomic mass is 9.99. The van der Waals surface area contributed by atoms with Gasteiger partial charge in [0, 0.05) is 22.2 Å². The zero-order valence-electron chi connectivity index (χ0n) is 10.5. The quantitative estimate of drug-likeness (QED) is 0.890. The van der Waals surface area contributed by atoms with E-state index in [2.05, 4.69) is 0 Å². The molecule has 1 atom stereocenters. The normalized spacial score (nSPS) is 12.4. The Kier molecular flexibility index (Phi) is 4.97.